The molecule has 0 atom stereocenters. The van der Waals surface area contributed by atoms with Gasteiger partial charge in [-0.25, -0.2) is 0 Å². The van der Waals surface area contributed by atoms with E-state index in [0.29, 0.717) is 0 Å². The van der Waals surface area contributed by atoms with Crippen molar-refractivity contribution < 1.29 is 9.53 Å². The molecule has 0 saturated carbocycles. The van der Waals surface area contributed by atoms with E-state index in [1.807, 2.05) is 13.8 Å². The Morgan fingerprint density at radius 3 is 2.50 bits per heavy atom. The SMILES string of the molecule is CC1(C)C[CH]OC1=O. The van der Waals surface area contributed by atoms with Crippen molar-refractivity contribution in [1.29, 1.82) is 0 Å². The molecule has 1 saturated heterocycles. The normalized spacial score (nSPS) is 25.5. The van der Waals surface area contributed by atoms with Crippen LogP contribution in [0, 0.1) is 12.0 Å². The van der Waals surface area contributed by atoms with E-state index in [1.54, 1.807) is 6.61 Å². The molecule has 1 aliphatic heterocycles. The minimum Gasteiger partial charge on any atom is -0.458 e. The third kappa shape index (κ3) is 0.703. The van der Waals surface area contributed by atoms with Gasteiger partial charge in [-0.15, -0.1) is 0 Å². The summed E-state index contributed by atoms with van der Waals surface area (Å²) in [4.78, 5) is 10.6. The van der Waals surface area contributed by atoms with Gasteiger partial charge >= 0.3 is 5.97 Å². The van der Waals surface area contributed by atoms with Gasteiger partial charge in [0.25, 0.3) is 0 Å². The minimum absolute atomic E-state index is 0.113. The lowest BCUT2D eigenvalue weighted by molar-refractivity contribution is -0.143. The Labute approximate surface area is 48.8 Å². The van der Waals surface area contributed by atoms with E-state index < -0.39 is 0 Å². The molecule has 45 valence electrons. The van der Waals surface area contributed by atoms with Crippen molar-refractivity contribution in [3.05, 3.63) is 6.61 Å². The summed E-state index contributed by atoms with van der Waals surface area (Å²) in [6.45, 7) is 5.31. The average Bonchev–Trinajstić information content (AvgIpc) is 1.86. The summed E-state index contributed by atoms with van der Waals surface area (Å²) in [7, 11) is 0. The zero-order valence-electron chi connectivity index (χ0n) is 5.10. The first-order valence-electron chi connectivity index (χ1n) is 2.66. The van der Waals surface area contributed by atoms with E-state index in [4.69, 9.17) is 0 Å². The molecule has 1 aliphatic rings. The predicted octanol–water partition coefficient (Wildman–Crippen LogP) is 1.12. The van der Waals surface area contributed by atoms with E-state index in [2.05, 4.69) is 4.74 Å². The second-order valence-electron chi connectivity index (χ2n) is 2.66. The summed E-state index contributed by atoms with van der Waals surface area (Å²) in [6, 6.07) is 0. The van der Waals surface area contributed by atoms with Crippen LogP contribution < -0.4 is 0 Å². The predicted molar refractivity (Wildman–Crippen MR) is 28.8 cm³/mol. The monoisotopic (exact) mass is 113 g/mol. The van der Waals surface area contributed by atoms with Gasteiger partial charge in [-0.3, -0.25) is 4.79 Å². The lowest BCUT2D eigenvalue weighted by Gasteiger charge is -2.07. The fourth-order valence-corrected chi connectivity index (χ4v) is 0.569. The molecule has 1 heterocycles. The number of hydrogen-bond donors (Lipinski definition) is 0. The molecule has 1 rings (SSSR count). The summed E-state index contributed by atoms with van der Waals surface area (Å²) in [5.74, 6) is -0.113. The molecule has 0 aliphatic carbocycles. The Hall–Kier alpha value is -0.530. The largest absolute Gasteiger partial charge is 0.458 e. The number of esters is 1. The standard InChI is InChI=1S/C6H9O2/c1-6(2)3-4-8-5(6)7/h4H,3H2,1-2H3. The van der Waals surface area contributed by atoms with Crippen molar-refractivity contribution in [1.82, 2.24) is 0 Å². The number of ether oxygens (including phenoxy) is 1. The van der Waals surface area contributed by atoms with Crippen LogP contribution in [0.2, 0.25) is 0 Å². The molecule has 1 fully saturated rings. The van der Waals surface area contributed by atoms with Gasteiger partial charge in [0.15, 0.2) is 0 Å². The lowest BCUT2D eigenvalue weighted by Crippen LogP contribution is -2.16. The number of rotatable bonds is 0. The summed E-state index contributed by atoms with van der Waals surface area (Å²) in [6.07, 6.45) is 0.742. The van der Waals surface area contributed by atoms with Crippen LogP contribution in [-0.4, -0.2) is 5.97 Å². The molecule has 0 aromatic heterocycles. The first kappa shape index (κ1) is 5.60. The van der Waals surface area contributed by atoms with Crippen LogP contribution in [0.3, 0.4) is 0 Å². The van der Waals surface area contributed by atoms with Crippen LogP contribution in [0.25, 0.3) is 0 Å². The Bertz CT molecular complexity index is 116. The highest BCUT2D eigenvalue weighted by Gasteiger charge is 2.35. The maximum absolute atomic E-state index is 10.6. The van der Waals surface area contributed by atoms with Crippen LogP contribution in [0.1, 0.15) is 20.3 Å². The number of hydrogen-bond acceptors (Lipinski definition) is 2. The first-order chi connectivity index (χ1) is 3.63. The van der Waals surface area contributed by atoms with Gasteiger partial charge in [0.1, 0.15) is 6.61 Å². The van der Waals surface area contributed by atoms with Gasteiger partial charge in [0.05, 0.1) is 5.41 Å². The lowest BCUT2D eigenvalue weighted by atomic mass is 9.93. The van der Waals surface area contributed by atoms with Gasteiger partial charge < -0.3 is 4.74 Å². The third-order valence-corrected chi connectivity index (χ3v) is 1.34. The van der Waals surface area contributed by atoms with Crippen LogP contribution in [0.5, 0.6) is 0 Å². The fourth-order valence-electron chi connectivity index (χ4n) is 0.569. The first-order valence-corrected chi connectivity index (χ1v) is 2.66. The molecular formula is C6H9O2. The summed E-state index contributed by atoms with van der Waals surface area (Å²) >= 11 is 0. The number of carbonyl (C=O) groups is 1. The summed E-state index contributed by atoms with van der Waals surface area (Å²) in [5, 5.41) is 0. The van der Waals surface area contributed by atoms with Gasteiger partial charge in [0.2, 0.25) is 0 Å². The molecule has 0 aromatic carbocycles. The Balaban J connectivity index is 2.68. The Morgan fingerprint density at radius 1 is 1.75 bits per heavy atom. The smallest absolute Gasteiger partial charge is 0.312 e. The highest BCUT2D eigenvalue weighted by Crippen LogP contribution is 2.30. The zero-order valence-corrected chi connectivity index (χ0v) is 5.10. The van der Waals surface area contributed by atoms with E-state index in [-0.39, 0.29) is 11.4 Å². The molecule has 0 amide bonds. The molecule has 2 heteroatoms. The maximum Gasteiger partial charge on any atom is 0.312 e. The summed E-state index contributed by atoms with van der Waals surface area (Å²) in [5.41, 5.74) is -0.264. The second kappa shape index (κ2) is 1.47. The van der Waals surface area contributed by atoms with Crippen molar-refractivity contribution >= 4 is 5.97 Å². The molecule has 0 unspecified atom stereocenters. The van der Waals surface area contributed by atoms with Crippen molar-refractivity contribution in [3.8, 4) is 0 Å². The van der Waals surface area contributed by atoms with E-state index in [0.717, 1.165) is 6.42 Å². The van der Waals surface area contributed by atoms with E-state index in [1.165, 1.54) is 0 Å². The molecule has 0 aromatic rings. The molecule has 0 spiro atoms. The molecule has 2 nitrogen and oxygen atoms in total. The van der Waals surface area contributed by atoms with Crippen molar-refractivity contribution in [2.75, 3.05) is 0 Å². The molecule has 8 heavy (non-hydrogen) atoms. The highest BCUT2D eigenvalue weighted by molar-refractivity contribution is 5.78. The number of carbonyl (C=O) groups excluding carboxylic acids is 1. The van der Waals surface area contributed by atoms with Gasteiger partial charge in [-0.1, -0.05) is 0 Å². The van der Waals surface area contributed by atoms with Crippen LogP contribution >= 0.6 is 0 Å². The van der Waals surface area contributed by atoms with Gasteiger partial charge in [-0.05, 0) is 13.8 Å². The maximum atomic E-state index is 10.6. The minimum atomic E-state index is -0.264. The Morgan fingerprint density at radius 2 is 2.38 bits per heavy atom. The van der Waals surface area contributed by atoms with Gasteiger partial charge in [-0.2, -0.15) is 0 Å². The van der Waals surface area contributed by atoms with Crippen LogP contribution in [-0.2, 0) is 9.53 Å². The van der Waals surface area contributed by atoms with Crippen LogP contribution in [0.15, 0.2) is 0 Å². The molecular weight excluding hydrogens is 104 g/mol. The molecule has 1 radical (unpaired) electrons. The molecule has 0 bridgehead atoms. The zero-order chi connectivity index (χ0) is 6.20. The van der Waals surface area contributed by atoms with Gasteiger partial charge in [0, 0.05) is 6.42 Å². The quantitative estimate of drug-likeness (QED) is 0.440. The third-order valence-electron chi connectivity index (χ3n) is 1.34. The van der Waals surface area contributed by atoms with Crippen molar-refractivity contribution in [3.63, 3.8) is 0 Å². The van der Waals surface area contributed by atoms with Crippen LogP contribution in [0.4, 0.5) is 0 Å². The van der Waals surface area contributed by atoms with E-state index >= 15 is 0 Å². The summed E-state index contributed by atoms with van der Waals surface area (Å²) < 4.78 is 4.60. The van der Waals surface area contributed by atoms with E-state index in [9.17, 15) is 4.79 Å². The second-order valence-corrected chi connectivity index (χ2v) is 2.66. The van der Waals surface area contributed by atoms with Crippen molar-refractivity contribution in [2.24, 2.45) is 5.41 Å². The average molecular weight is 113 g/mol. The highest BCUT2D eigenvalue weighted by atomic mass is 16.5. The number of cyclic esters (lactones) is 1. The fraction of sp³-hybridized carbons (Fsp3) is 0.667. The topological polar surface area (TPSA) is 26.3 Å². The molecule has 0 N–H and O–H groups in total. The Kier molecular flexibility index (Phi) is 1.03. The van der Waals surface area contributed by atoms with Crippen molar-refractivity contribution in [2.45, 2.75) is 20.3 Å².